The molecule has 0 fully saturated rings. The van der Waals surface area contributed by atoms with Gasteiger partial charge in [-0.05, 0) is 44.0 Å². The van der Waals surface area contributed by atoms with E-state index in [0.717, 1.165) is 5.69 Å². The van der Waals surface area contributed by atoms with Crippen LogP contribution in [0.5, 0.6) is 5.75 Å². The van der Waals surface area contributed by atoms with Gasteiger partial charge in [0.15, 0.2) is 5.78 Å². The van der Waals surface area contributed by atoms with Gasteiger partial charge in [-0.2, -0.15) is 0 Å². The summed E-state index contributed by atoms with van der Waals surface area (Å²) in [6.45, 7) is 1.39. The number of halogens is 1. The van der Waals surface area contributed by atoms with Crippen LogP contribution in [0.25, 0.3) is 0 Å². The molecule has 0 unspecified atom stereocenters. The first-order chi connectivity index (χ1) is 13.3. The minimum Gasteiger partial charge on any atom is -0.486 e. The summed E-state index contributed by atoms with van der Waals surface area (Å²) < 4.78 is 5.50. The number of ether oxygens (including phenoxy) is 1. The van der Waals surface area contributed by atoms with Crippen LogP contribution >= 0.6 is 11.6 Å². The molecule has 0 heterocycles. The molecule has 2 aromatic rings. The number of amides is 1. The number of para-hydroxylation sites is 1. The highest BCUT2D eigenvalue weighted by atomic mass is 35.5. The number of nitro benzene ring substituents is 1. The fourth-order valence-corrected chi connectivity index (χ4v) is 2.87. The average molecular weight is 405 g/mol. The van der Waals surface area contributed by atoms with Crippen molar-refractivity contribution in [2.75, 3.05) is 18.6 Å². The molecule has 0 atom stereocenters. The quantitative estimate of drug-likeness (QED) is 0.262. The third-order valence-electron chi connectivity index (χ3n) is 4.19. The second-order valence-electron chi connectivity index (χ2n) is 6.18. The summed E-state index contributed by atoms with van der Waals surface area (Å²) in [6.07, 6.45) is 1.37. The van der Waals surface area contributed by atoms with E-state index < -0.39 is 16.4 Å². The van der Waals surface area contributed by atoms with E-state index in [-0.39, 0.29) is 28.8 Å². The molecule has 0 N–H and O–H groups in total. The molecule has 1 amide bonds. The van der Waals surface area contributed by atoms with E-state index in [2.05, 4.69) is 0 Å². The van der Waals surface area contributed by atoms with E-state index >= 15 is 0 Å². The number of anilines is 1. The SMILES string of the molecule is CC(=O)c1ccc(Cl)c(OCCCCC(=O)N(C)c2ccccc2)c1[N+](=O)[O-]. The van der Waals surface area contributed by atoms with Crippen LogP contribution in [0.1, 0.15) is 36.5 Å². The zero-order chi connectivity index (χ0) is 20.7. The van der Waals surface area contributed by atoms with E-state index in [1.807, 2.05) is 30.3 Å². The molecule has 2 rings (SSSR count). The van der Waals surface area contributed by atoms with E-state index in [1.165, 1.54) is 19.1 Å². The van der Waals surface area contributed by atoms with Gasteiger partial charge in [0.25, 0.3) is 0 Å². The monoisotopic (exact) mass is 404 g/mol. The highest BCUT2D eigenvalue weighted by molar-refractivity contribution is 6.32. The maximum atomic E-state index is 12.2. The third-order valence-corrected chi connectivity index (χ3v) is 4.49. The topological polar surface area (TPSA) is 89.8 Å². The van der Waals surface area contributed by atoms with Gasteiger partial charge in [-0.15, -0.1) is 0 Å². The number of Topliss-reactive ketones (excluding diaryl/α,β-unsaturated/α-hetero) is 1. The Bertz CT molecular complexity index is 870. The van der Waals surface area contributed by atoms with Gasteiger partial charge in [0.2, 0.25) is 11.7 Å². The minimum atomic E-state index is -0.670. The molecule has 28 heavy (non-hydrogen) atoms. The van der Waals surface area contributed by atoms with Gasteiger partial charge in [-0.3, -0.25) is 19.7 Å². The van der Waals surface area contributed by atoms with E-state index in [0.29, 0.717) is 19.3 Å². The number of rotatable bonds is 9. The van der Waals surface area contributed by atoms with Crippen molar-refractivity contribution in [1.29, 1.82) is 0 Å². The van der Waals surface area contributed by atoms with Crippen molar-refractivity contribution in [1.82, 2.24) is 0 Å². The van der Waals surface area contributed by atoms with Gasteiger partial charge >= 0.3 is 5.69 Å². The largest absolute Gasteiger partial charge is 0.486 e. The van der Waals surface area contributed by atoms with Crippen molar-refractivity contribution in [3.05, 3.63) is 63.2 Å². The van der Waals surface area contributed by atoms with Crippen LogP contribution in [0.15, 0.2) is 42.5 Å². The van der Waals surface area contributed by atoms with Gasteiger partial charge in [-0.1, -0.05) is 29.8 Å². The number of carbonyl (C=O) groups is 2. The first kappa shape index (κ1) is 21.4. The van der Waals surface area contributed by atoms with Crippen molar-refractivity contribution in [2.45, 2.75) is 26.2 Å². The molecule has 0 saturated carbocycles. The Labute approximate surface area is 168 Å². The summed E-state index contributed by atoms with van der Waals surface area (Å²) in [7, 11) is 1.71. The van der Waals surface area contributed by atoms with Crippen LogP contribution in [0.2, 0.25) is 5.02 Å². The second kappa shape index (κ2) is 9.85. The van der Waals surface area contributed by atoms with Crippen molar-refractivity contribution in [3.63, 3.8) is 0 Å². The Kier molecular flexibility index (Phi) is 7.52. The number of nitro groups is 1. The van der Waals surface area contributed by atoms with Gasteiger partial charge in [0.1, 0.15) is 0 Å². The molecule has 2 aromatic carbocycles. The molecule has 8 heteroatoms. The Balaban J connectivity index is 1.92. The van der Waals surface area contributed by atoms with Gasteiger partial charge in [0, 0.05) is 19.2 Å². The van der Waals surface area contributed by atoms with Gasteiger partial charge < -0.3 is 9.64 Å². The van der Waals surface area contributed by atoms with Crippen LogP contribution < -0.4 is 9.64 Å². The summed E-state index contributed by atoms with van der Waals surface area (Å²) in [5.74, 6) is -0.594. The maximum absolute atomic E-state index is 12.2. The fraction of sp³-hybridized carbons (Fsp3) is 0.300. The second-order valence-corrected chi connectivity index (χ2v) is 6.59. The van der Waals surface area contributed by atoms with Crippen LogP contribution in [0.4, 0.5) is 11.4 Å². The summed E-state index contributed by atoms with van der Waals surface area (Å²) in [4.78, 5) is 36.1. The number of carbonyl (C=O) groups excluding carboxylic acids is 2. The molecule has 0 aliphatic heterocycles. The summed E-state index contributed by atoms with van der Waals surface area (Å²) in [5, 5.41) is 11.4. The van der Waals surface area contributed by atoms with Crippen LogP contribution in [0, 0.1) is 10.1 Å². The lowest BCUT2D eigenvalue weighted by Crippen LogP contribution is -2.25. The van der Waals surface area contributed by atoms with E-state index in [4.69, 9.17) is 16.3 Å². The Morgan fingerprint density at radius 1 is 1.14 bits per heavy atom. The lowest BCUT2D eigenvalue weighted by atomic mass is 10.1. The highest BCUT2D eigenvalue weighted by Gasteiger charge is 2.26. The van der Waals surface area contributed by atoms with Crippen molar-refractivity contribution < 1.29 is 19.2 Å². The molecule has 0 aliphatic carbocycles. The van der Waals surface area contributed by atoms with Crippen molar-refractivity contribution >= 4 is 34.7 Å². The Morgan fingerprint density at radius 2 is 1.82 bits per heavy atom. The molecule has 0 saturated heterocycles. The Morgan fingerprint density at radius 3 is 2.43 bits per heavy atom. The molecule has 0 aromatic heterocycles. The first-order valence-electron chi connectivity index (χ1n) is 8.75. The third kappa shape index (κ3) is 5.29. The normalized spacial score (nSPS) is 10.4. The van der Waals surface area contributed by atoms with Crippen LogP contribution in [-0.2, 0) is 4.79 Å². The number of benzene rings is 2. The van der Waals surface area contributed by atoms with Crippen LogP contribution in [0.3, 0.4) is 0 Å². The molecular weight excluding hydrogens is 384 g/mol. The maximum Gasteiger partial charge on any atom is 0.323 e. The average Bonchev–Trinajstić information content (AvgIpc) is 2.68. The lowest BCUT2D eigenvalue weighted by Gasteiger charge is -2.17. The van der Waals surface area contributed by atoms with Crippen molar-refractivity contribution in [3.8, 4) is 5.75 Å². The number of unbranched alkanes of at least 4 members (excludes halogenated alkanes) is 1. The molecular formula is C20H21ClN2O5. The smallest absolute Gasteiger partial charge is 0.323 e. The number of hydrogen-bond donors (Lipinski definition) is 0. The predicted octanol–water partition coefficient (Wildman–Crippen LogP) is 4.66. The molecule has 0 bridgehead atoms. The molecule has 7 nitrogen and oxygen atoms in total. The lowest BCUT2D eigenvalue weighted by molar-refractivity contribution is -0.386. The molecule has 0 spiro atoms. The predicted molar refractivity (Wildman–Crippen MR) is 107 cm³/mol. The summed E-state index contributed by atoms with van der Waals surface area (Å²) in [5.41, 5.74) is 0.330. The van der Waals surface area contributed by atoms with Crippen molar-refractivity contribution in [2.24, 2.45) is 0 Å². The van der Waals surface area contributed by atoms with Gasteiger partial charge in [-0.25, -0.2) is 0 Å². The summed E-state index contributed by atoms with van der Waals surface area (Å²) >= 11 is 6.02. The zero-order valence-electron chi connectivity index (χ0n) is 15.7. The fourth-order valence-electron chi connectivity index (χ4n) is 2.67. The standard InChI is InChI=1S/C20H21ClN2O5/c1-14(24)16-11-12-17(21)20(19(16)23(26)27)28-13-7-6-10-18(25)22(2)15-8-4-3-5-9-15/h3-5,8-9,11-12H,6-7,10,13H2,1-2H3. The van der Waals surface area contributed by atoms with Gasteiger partial charge in [0.05, 0.1) is 22.1 Å². The number of hydrogen-bond acceptors (Lipinski definition) is 5. The van der Waals surface area contributed by atoms with E-state index in [9.17, 15) is 19.7 Å². The summed E-state index contributed by atoms with van der Waals surface area (Å²) in [6, 6.07) is 12.0. The van der Waals surface area contributed by atoms with Crippen LogP contribution in [-0.4, -0.2) is 30.3 Å². The highest BCUT2D eigenvalue weighted by Crippen LogP contribution is 2.38. The molecule has 0 aliphatic rings. The molecule has 148 valence electrons. The number of ketones is 1. The molecule has 0 radical (unpaired) electrons. The first-order valence-corrected chi connectivity index (χ1v) is 9.13. The minimum absolute atomic E-state index is 0.0335. The van der Waals surface area contributed by atoms with E-state index in [1.54, 1.807) is 11.9 Å². The zero-order valence-corrected chi connectivity index (χ0v) is 16.4. The Hall–Kier alpha value is -2.93. The number of nitrogens with zero attached hydrogens (tertiary/aromatic N) is 2.